The van der Waals surface area contributed by atoms with E-state index in [0.717, 1.165) is 16.6 Å². The molecule has 1 heterocycles. The third-order valence-corrected chi connectivity index (χ3v) is 3.81. The maximum atomic E-state index is 12.7. The third kappa shape index (κ3) is 2.22. The van der Waals surface area contributed by atoms with E-state index in [-0.39, 0.29) is 5.56 Å². The van der Waals surface area contributed by atoms with Crippen LogP contribution in [0.15, 0.2) is 53.3 Å². The van der Waals surface area contributed by atoms with Gasteiger partial charge in [-0.2, -0.15) is 0 Å². The van der Waals surface area contributed by atoms with E-state index in [1.165, 1.54) is 0 Å². The molecule has 0 amide bonds. The lowest BCUT2D eigenvalue weighted by atomic mass is 10.1. The summed E-state index contributed by atoms with van der Waals surface area (Å²) in [6, 6.07) is 15.4. The van der Waals surface area contributed by atoms with Gasteiger partial charge in [-0.25, -0.2) is 0 Å². The molecule has 3 aromatic rings. The maximum absolute atomic E-state index is 12.7. The number of rotatable bonds is 3. The van der Waals surface area contributed by atoms with E-state index in [2.05, 4.69) is 0 Å². The number of hydrogen-bond acceptors (Lipinski definition) is 3. The van der Waals surface area contributed by atoms with Crippen LogP contribution < -0.4 is 15.0 Å². The molecule has 0 bridgehead atoms. The van der Waals surface area contributed by atoms with Crippen molar-refractivity contribution in [2.45, 2.75) is 0 Å². The second kappa shape index (κ2) is 5.56. The SMILES string of the molecule is COc1cc2cc(-c3ccccc3)n(C)c(=O)c2cc1OC. The average molecular weight is 295 g/mol. The lowest BCUT2D eigenvalue weighted by Gasteiger charge is -2.13. The molecular weight excluding hydrogens is 278 g/mol. The first-order chi connectivity index (χ1) is 10.7. The molecule has 0 aliphatic heterocycles. The fraction of sp³-hybridized carbons (Fsp3) is 0.167. The molecule has 0 N–H and O–H groups in total. The van der Waals surface area contributed by atoms with Crippen LogP contribution in [0.1, 0.15) is 0 Å². The van der Waals surface area contributed by atoms with Crippen molar-refractivity contribution in [1.29, 1.82) is 0 Å². The molecule has 0 saturated carbocycles. The van der Waals surface area contributed by atoms with Crippen molar-refractivity contribution >= 4 is 10.8 Å². The maximum Gasteiger partial charge on any atom is 0.258 e. The van der Waals surface area contributed by atoms with Gasteiger partial charge in [-0.3, -0.25) is 4.79 Å². The van der Waals surface area contributed by atoms with Crippen molar-refractivity contribution in [3.05, 3.63) is 58.9 Å². The van der Waals surface area contributed by atoms with Gasteiger partial charge in [0, 0.05) is 7.05 Å². The Morgan fingerprint density at radius 2 is 1.55 bits per heavy atom. The number of fused-ring (bicyclic) bond motifs is 1. The van der Waals surface area contributed by atoms with Gasteiger partial charge in [-0.05, 0) is 29.1 Å². The molecule has 0 radical (unpaired) electrons. The van der Waals surface area contributed by atoms with Crippen LogP contribution >= 0.6 is 0 Å². The highest BCUT2D eigenvalue weighted by Gasteiger charge is 2.12. The van der Waals surface area contributed by atoms with Crippen LogP contribution in [0.25, 0.3) is 22.0 Å². The molecule has 2 aromatic carbocycles. The van der Waals surface area contributed by atoms with Crippen LogP contribution in [0.3, 0.4) is 0 Å². The zero-order valence-electron chi connectivity index (χ0n) is 12.8. The summed E-state index contributed by atoms with van der Waals surface area (Å²) in [5.41, 5.74) is 1.81. The highest BCUT2D eigenvalue weighted by Crippen LogP contribution is 2.32. The number of pyridine rings is 1. The Bertz CT molecular complexity index is 882. The Morgan fingerprint density at radius 3 is 2.18 bits per heavy atom. The Labute approximate surface area is 128 Å². The van der Waals surface area contributed by atoms with E-state index < -0.39 is 0 Å². The van der Waals surface area contributed by atoms with E-state index in [1.807, 2.05) is 42.5 Å². The van der Waals surface area contributed by atoms with E-state index in [0.29, 0.717) is 16.9 Å². The van der Waals surface area contributed by atoms with Crippen LogP contribution in [0, 0.1) is 0 Å². The van der Waals surface area contributed by atoms with Gasteiger partial charge in [0.15, 0.2) is 11.5 Å². The van der Waals surface area contributed by atoms with Gasteiger partial charge in [-0.15, -0.1) is 0 Å². The van der Waals surface area contributed by atoms with E-state index >= 15 is 0 Å². The molecule has 112 valence electrons. The van der Waals surface area contributed by atoms with E-state index in [9.17, 15) is 4.79 Å². The second-order valence-corrected chi connectivity index (χ2v) is 5.05. The van der Waals surface area contributed by atoms with Gasteiger partial charge in [0.05, 0.1) is 25.3 Å². The Balaban J connectivity index is 2.34. The summed E-state index contributed by atoms with van der Waals surface area (Å²) in [4.78, 5) is 12.7. The molecule has 0 fully saturated rings. The number of hydrogen-bond donors (Lipinski definition) is 0. The molecule has 3 rings (SSSR count). The number of ether oxygens (including phenoxy) is 2. The zero-order valence-corrected chi connectivity index (χ0v) is 12.8. The normalized spacial score (nSPS) is 10.7. The van der Waals surface area contributed by atoms with Crippen molar-refractivity contribution in [3.8, 4) is 22.8 Å². The summed E-state index contributed by atoms with van der Waals surface area (Å²) in [6.45, 7) is 0. The van der Waals surface area contributed by atoms with Crippen LogP contribution in [0.4, 0.5) is 0 Å². The highest BCUT2D eigenvalue weighted by atomic mass is 16.5. The van der Waals surface area contributed by atoms with Gasteiger partial charge in [0.25, 0.3) is 5.56 Å². The molecule has 1 aromatic heterocycles. The summed E-state index contributed by atoms with van der Waals surface area (Å²) in [6.07, 6.45) is 0. The largest absolute Gasteiger partial charge is 0.493 e. The van der Waals surface area contributed by atoms with Gasteiger partial charge < -0.3 is 14.0 Å². The minimum absolute atomic E-state index is 0.0580. The summed E-state index contributed by atoms with van der Waals surface area (Å²) in [5.74, 6) is 1.17. The second-order valence-electron chi connectivity index (χ2n) is 5.05. The van der Waals surface area contributed by atoms with Crippen molar-refractivity contribution in [3.63, 3.8) is 0 Å². The van der Waals surface area contributed by atoms with Crippen molar-refractivity contribution in [2.24, 2.45) is 7.05 Å². The molecule has 0 saturated heterocycles. The van der Waals surface area contributed by atoms with Gasteiger partial charge in [0.2, 0.25) is 0 Å². The van der Waals surface area contributed by atoms with Crippen molar-refractivity contribution < 1.29 is 9.47 Å². The molecular formula is C18H17NO3. The number of benzene rings is 2. The van der Waals surface area contributed by atoms with E-state index in [4.69, 9.17) is 9.47 Å². The number of aromatic nitrogens is 1. The van der Waals surface area contributed by atoms with Crippen LogP contribution in [-0.2, 0) is 7.05 Å². The predicted molar refractivity (Wildman–Crippen MR) is 87.7 cm³/mol. The average Bonchev–Trinajstić information content (AvgIpc) is 2.57. The molecule has 22 heavy (non-hydrogen) atoms. The molecule has 0 aliphatic rings. The first-order valence-electron chi connectivity index (χ1n) is 6.97. The topological polar surface area (TPSA) is 40.5 Å². The van der Waals surface area contributed by atoms with Crippen molar-refractivity contribution in [1.82, 2.24) is 4.57 Å². The number of nitrogens with zero attached hydrogens (tertiary/aromatic N) is 1. The van der Waals surface area contributed by atoms with Gasteiger partial charge >= 0.3 is 0 Å². The number of methoxy groups -OCH3 is 2. The summed E-state index contributed by atoms with van der Waals surface area (Å²) in [5, 5.41) is 1.44. The quantitative estimate of drug-likeness (QED) is 0.745. The Kier molecular flexibility index (Phi) is 3.59. The van der Waals surface area contributed by atoms with Crippen molar-refractivity contribution in [2.75, 3.05) is 14.2 Å². The van der Waals surface area contributed by atoms with Crippen LogP contribution in [0.2, 0.25) is 0 Å². The van der Waals surface area contributed by atoms with Gasteiger partial charge in [-0.1, -0.05) is 30.3 Å². The summed E-state index contributed by atoms with van der Waals surface area (Å²) in [7, 11) is 4.93. The molecule has 4 heteroatoms. The smallest absolute Gasteiger partial charge is 0.258 e. The van der Waals surface area contributed by atoms with Gasteiger partial charge in [0.1, 0.15) is 0 Å². The molecule has 0 unspecified atom stereocenters. The first kappa shape index (κ1) is 14.2. The first-order valence-corrected chi connectivity index (χ1v) is 6.97. The fourth-order valence-corrected chi connectivity index (χ4v) is 2.62. The monoisotopic (exact) mass is 295 g/mol. The van der Waals surface area contributed by atoms with Crippen LogP contribution in [-0.4, -0.2) is 18.8 Å². The Hall–Kier alpha value is -2.75. The lowest BCUT2D eigenvalue weighted by molar-refractivity contribution is 0.356. The lowest BCUT2D eigenvalue weighted by Crippen LogP contribution is -2.18. The minimum atomic E-state index is -0.0580. The molecule has 0 spiro atoms. The third-order valence-electron chi connectivity index (χ3n) is 3.81. The zero-order chi connectivity index (χ0) is 15.7. The summed E-state index contributed by atoms with van der Waals surface area (Å²) >= 11 is 0. The minimum Gasteiger partial charge on any atom is -0.493 e. The molecule has 0 atom stereocenters. The highest BCUT2D eigenvalue weighted by molar-refractivity contribution is 5.88. The molecule has 0 aliphatic carbocycles. The summed E-state index contributed by atoms with van der Waals surface area (Å²) < 4.78 is 12.3. The molecule has 4 nitrogen and oxygen atoms in total. The standard InChI is InChI=1S/C18H17NO3/c1-19-15(12-7-5-4-6-8-12)9-13-10-16(21-2)17(22-3)11-14(13)18(19)20/h4-11H,1-3H3. The van der Waals surface area contributed by atoms with Crippen LogP contribution in [0.5, 0.6) is 11.5 Å². The van der Waals surface area contributed by atoms with E-state index in [1.54, 1.807) is 31.9 Å². The Morgan fingerprint density at radius 1 is 0.909 bits per heavy atom. The predicted octanol–water partition coefficient (Wildman–Crippen LogP) is 3.22. The fourth-order valence-electron chi connectivity index (χ4n) is 2.62.